The first-order valence-corrected chi connectivity index (χ1v) is 9.14. The van der Waals surface area contributed by atoms with Gasteiger partial charge in [-0.25, -0.2) is 9.59 Å². The molecule has 0 saturated heterocycles. The lowest BCUT2D eigenvalue weighted by atomic mass is 10.0. The van der Waals surface area contributed by atoms with E-state index in [0.29, 0.717) is 11.4 Å². The molecular formula is C23H26N2O4. The van der Waals surface area contributed by atoms with Crippen molar-refractivity contribution in [2.75, 3.05) is 24.9 Å². The molecule has 0 fully saturated rings. The average molecular weight is 394 g/mol. The highest BCUT2D eigenvalue weighted by molar-refractivity contribution is 5.83. The van der Waals surface area contributed by atoms with Gasteiger partial charge < -0.3 is 20.1 Å². The van der Waals surface area contributed by atoms with Crippen LogP contribution in [0.15, 0.2) is 72.1 Å². The molecule has 29 heavy (non-hydrogen) atoms. The second-order valence-electron chi connectivity index (χ2n) is 6.52. The molecule has 2 N–H and O–H groups in total. The predicted octanol–water partition coefficient (Wildman–Crippen LogP) is 4.25. The smallest absolute Gasteiger partial charge is 0.332 e. The van der Waals surface area contributed by atoms with Gasteiger partial charge in [0, 0.05) is 34.9 Å². The molecule has 0 amide bonds. The minimum absolute atomic E-state index is 0.388. The average Bonchev–Trinajstić information content (AvgIpc) is 2.70. The van der Waals surface area contributed by atoms with Crippen LogP contribution in [0.5, 0.6) is 0 Å². The molecule has 0 radical (unpaired) electrons. The molecule has 0 aromatic heterocycles. The van der Waals surface area contributed by atoms with E-state index in [1.165, 1.54) is 37.5 Å². The maximum atomic E-state index is 11.2. The number of hydrogen-bond acceptors (Lipinski definition) is 6. The second-order valence-corrected chi connectivity index (χ2v) is 6.52. The van der Waals surface area contributed by atoms with Crippen molar-refractivity contribution >= 4 is 23.3 Å². The zero-order chi connectivity index (χ0) is 21.2. The fourth-order valence-electron chi connectivity index (χ4n) is 2.65. The molecule has 2 aromatic carbocycles. The van der Waals surface area contributed by atoms with Crippen molar-refractivity contribution in [3.63, 3.8) is 0 Å². The van der Waals surface area contributed by atoms with Crippen LogP contribution in [0.1, 0.15) is 25.0 Å². The molecule has 2 aromatic rings. The first-order valence-electron chi connectivity index (χ1n) is 9.14. The van der Waals surface area contributed by atoms with Gasteiger partial charge in [-0.15, -0.1) is 0 Å². The highest BCUT2D eigenvalue weighted by atomic mass is 16.5. The zero-order valence-electron chi connectivity index (χ0n) is 17.1. The molecule has 2 rings (SSSR count). The van der Waals surface area contributed by atoms with Gasteiger partial charge in [0.1, 0.15) is 0 Å². The molecule has 0 saturated carbocycles. The van der Waals surface area contributed by atoms with Crippen LogP contribution in [0.25, 0.3) is 0 Å². The number of methoxy groups -OCH3 is 2. The van der Waals surface area contributed by atoms with E-state index in [0.717, 1.165) is 17.8 Å². The SMILES string of the molecule is COC(=O)/C=C(/C)Nc1ccc(Cc2ccc(N/C(C)=C\C(=O)OC)cc2)cc1. The van der Waals surface area contributed by atoms with Crippen LogP contribution in [-0.4, -0.2) is 26.2 Å². The van der Waals surface area contributed by atoms with Gasteiger partial charge in [-0.2, -0.15) is 0 Å². The van der Waals surface area contributed by atoms with E-state index in [4.69, 9.17) is 0 Å². The Morgan fingerprint density at radius 3 is 1.38 bits per heavy atom. The van der Waals surface area contributed by atoms with Crippen LogP contribution in [-0.2, 0) is 25.5 Å². The lowest BCUT2D eigenvalue weighted by molar-refractivity contribution is -0.135. The summed E-state index contributed by atoms with van der Waals surface area (Å²) in [5.41, 5.74) is 5.58. The Morgan fingerprint density at radius 2 is 1.07 bits per heavy atom. The van der Waals surface area contributed by atoms with Crippen molar-refractivity contribution in [3.8, 4) is 0 Å². The summed E-state index contributed by atoms with van der Waals surface area (Å²) >= 11 is 0. The van der Waals surface area contributed by atoms with Gasteiger partial charge in [0.2, 0.25) is 0 Å². The highest BCUT2D eigenvalue weighted by Gasteiger charge is 2.02. The van der Waals surface area contributed by atoms with Crippen LogP contribution >= 0.6 is 0 Å². The van der Waals surface area contributed by atoms with Gasteiger partial charge in [0.15, 0.2) is 0 Å². The first kappa shape index (κ1) is 21.8. The highest BCUT2D eigenvalue weighted by Crippen LogP contribution is 2.17. The minimum atomic E-state index is -0.388. The molecule has 0 bridgehead atoms. The molecule has 0 unspecified atom stereocenters. The number of carbonyl (C=O) groups is 2. The summed E-state index contributed by atoms with van der Waals surface area (Å²) in [6, 6.07) is 16.1. The van der Waals surface area contributed by atoms with E-state index in [9.17, 15) is 9.59 Å². The van der Waals surface area contributed by atoms with Crippen LogP contribution < -0.4 is 10.6 Å². The summed E-state index contributed by atoms with van der Waals surface area (Å²) in [6.45, 7) is 3.62. The van der Waals surface area contributed by atoms with E-state index in [-0.39, 0.29) is 11.9 Å². The Bertz CT molecular complexity index is 822. The van der Waals surface area contributed by atoms with Crippen LogP contribution in [0.4, 0.5) is 11.4 Å². The molecule has 0 spiro atoms. The molecule has 0 atom stereocenters. The third-order valence-electron chi connectivity index (χ3n) is 4.07. The maximum absolute atomic E-state index is 11.2. The summed E-state index contributed by atoms with van der Waals surface area (Å²) in [5.74, 6) is -0.777. The zero-order valence-corrected chi connectivity index (χ0v) is 17.1. The van der Waals surface area contributed by atoms with Crippen molar-refractivity contribution in [2.45, 2.75) is 20.3 Å². The van der Waals surface area contributed by atoms with E-state index in [2.05, 4.69) is 20.1 Å². The van der Waals surface area contributed by atoms with Gasteiger partial charge in [-0.05, 0) is 55.7 Å². The molecule has 0 aliphatic rings. The lowest BCUT2D eigenvalue weighted by Crippen LogP contribution is -2.02. The van der Waals surface area contributed by atoms with E-state index in [1.807, 2.05) is 62.4 Å². The number of esters is 2. The van der Waals surface area contributed by atoms with Crippen LogP contribution in [0.2, 0.25) is 0 Å². The largest absolute Gasteiger partial charge is 0.466 e. The Balaban J connectivity index is 1.95. The topological polar surface area (TPSA) is 76.7 Å². The number of nitrogens with one attached hydrogen (secondary N) is 2. The summed E-state index contributed by atoms with van der Waals surface area (Å²) in [4.78, 5) is 22.5. The number of benzene rings is 2. The van der Waals surface area contributed by atoms with Gasteiger partial charge in [0.25, 0.3) is 0 Å². The first-order chi connectivity index (χ1) is 13.9. The summed E-state index contributed by atoms with van der Waals surface area (Å²) in [5, 5.41) is 6.31. The Morgan fingerprint density at radius 1 is 0.724 bits per heavy atom. The third-order valence-corrected chi connectivity index (χ3v) is 4.07. The summed E-state index contributed by atoms with van der Waals surface area (Å²) in [6.07, 6.45) is 3.62. The van der Waals surface area contributed by atoms with Crippen molar-refractivity contribution < 1.29 is 19.1 Å². The monoisotopic (exact) mass is 394 g/mol. The predicted molar refractivity (Wildman–Crippen MR) is 114 cm³/mol. The Hall–Kier alpha value is -3.54. The van der Waals surface area contributed by atoms with E-state index in [1.54, 1.807) is 0 Å². The quantitative estimate of drug-likeness (QED) is 0.515. The minimum Gasteiger partial charge on any atom is -0.466 e. The number of hydrogen-bond donors (Lipinski definition) is 2. The normalized spacial score (nSPS) is 11.6. The number of rotatable bonds is 8. The number of anilines is 2. The molecule has 152 valence electrons. The molecule has 6 heteroatoms. The number of carbonyl (C=O) groups excluding carboxylic acids is 2. The standard InChI is InChI=1S/C23H26N2O4/c1-16(13-22(26)28-3)24-20-9-5-18(6-10-20)15-19-7-11-21(12-8-19)25-17(2)14-23(27)29-4/h5-14,24-25H,15H2,1-4H3/b16-13-,17-14-. The maximum Gasteiger partial charge on any atom is 0.332 e. The number of allylic oxidation sites excluding steroid dienone is 2. The van der Waals surface area contributed by atoms with Crippen molar-refractivity contribution in [1.29, 1.82) is 0 Å². The number of ether oxygens (including phenoxy) is 2. The molecule has 0 heterocycles. The van der Waals surface area contributed by atoms with Gasteiger partial charge in [-0.1, -0.05) is 24.3 Å². The molecule has 6 nitrogen and oxygen atoms in total. The van der Waals surface area contributed by atoms with E-state index < -0.39 is 0 Å². The van der Waals surface area contributed by atoms with Gasteiger partial charge in [-0.3, -0.25) is 0 Å². The van der Waals surface area contributed by atoms with Crippen LogP contribution in [0, 0.1) is 0 Å². The molecular weight excluding hydrogens is 368 g/mol. The van der Waals surface area contributed by atoms with Crippen molar-refractivity contribution in [1.82, 2.24) is 0 Å². The Kier molecular flexibility index (Phi) is 8.03. The van der Waals surface area contributed by atoms with E-state index >= 15 is 0 Å². The summed E-state index contributed by atoms with van der Waals surface area (Å²) in [7, 11) is 2.70. The fraction of sp³-hybridized carbons (Fsp3) is 0.217. The second kappa shape index (κ2) is 10.7. The van der Waals surface area contributed by atoms with Gasteiger partial charge in [0.05, 0.1) is 14.2 Å². The Labute approximate surface area is 171 Å². The fourth-order valence-corrected chi connectivity index (χ4v) is 2.65. The summed E-state index contributed by atoms with van der Waals surface area (Å²) < 4.78 is 9.22. The third kappa shape index (κ3) is 7.54. The lowest BCUT2D eigenvalue weighted by Gasteiger charge is -2.09. The van der Waals surface area contributed by atoms with Crippen molar-refractivity contribution in [2.24, 2.45) is 0 Å². The molecule has 0 aliphatic carbocycles. The molecule has 0 aliphatic heterocycles. The van der Waals surface area contributed by atoms with Crippen molar-refractivity contribution in [3.05, 3.63) is 83.2 Å². The van der Waals surface area contributed by atoms with Crippen LogP contribution in [0.3, 0.4) is 0 Å². The van der Waals surface area contributed by atoms with Gasteiger partial charge >= 0.3 is 11.9 Å².